The Labute approximate surface area is 206 Å². The van der Waals surface area contributed by atoms with E-state index < -0.39 is 0 Å². The smallest absolute Gasteiger partial charge is 0.195 e. The highest BCUT2D eigenvalue weighted by molar-refractivity contribution is 14.0. The molecule has 1 aliphatic heterocycles. The van der Waals surface area contributed by atoms with Gasteiger partial charge in [-0.25, -0.2) is 4.98 Å². The quantitative estimate of drug-likeness (QED) is 0.287. The topological polar surface area (TPSA) is 71.0 Å². The van der Waals surface area contributed by atoms with Crippen molar-refractivity contribution in [1.82, 2.24) is 15.2 Å². The number of likely N-dealkylation sites (tertiary alicyclic amines) is 1. The van der Waals surface area contributed by atoms with Gasteiger partial charge in [-0.15, -0.1) is 35.3 Å². The summed E-state index contributed by atoms with van der Waals surface area (Å²) < 4.78 is 10.7. The van der Waals surface area contributed by atoms with Gasteiger partial charge in [-0.2, -0.15) is 0 Å². The number of aliphatic imine (C=N–C) groups is 1. The Morgan fingerprint density at radius 3 is 2.58 bits per heavy atom. The third kappa shape index (κ3) is 7.50. The minimum Gasteiger partial charge on any atom is -0.493 e. The Kier molecular flexibility index (Phi) is 10.8. The van der Waals surface area contributed by atoms with E-state index in [2.05, 4.69) is 32.8 Å². The molecule has 31 heavy (non-hydrogen) atoms. The Morgan fingerprint density at radius 2 is 1.97 bits per heavy atom. The first-order valence-electron chi connectivity index (χ1n) is 10.5. The lowest BCUT2D eigenvalue weighted by atomic mass is 9.97. The van der Waals surface area contributed by atoms with Crippen LogP contribution in [-0.4, -0.2) is 56.7 Å². The zero-order valence-electron chi connectivity index (χ0n) is 18.8. The number of hydrogen-bond acceptors (Lipinski definition) is 6. The lowest BCUT2D eigenvalue weighted by Crippen LogP contribution is -2.40. The van der Waals surface area contributed by atoms with E-state index in [-0.39, 0.29) is 24.0 Å². The molecule has 0 amide bonds. The number of hydrogen-bond donors (Lipinski definition) is 2. The first-order valence-corrected chi connectivity index (χ1v) is 11.4. The molecule has 0 radical (unpaired) electrons. The minimum absolute atomic E-state index is 0. The molecule has 0 spiro atoms. The summed E-state index contributed by atoms with van der Waals surface area (Å²) in [6.45, 7) is 6.28. The van der Waals surface area contributed by atoms with E-state index in [9.17, 15) is 0 Å². The van der Waals surface area contributed by atoms with Crippen molar-refractivity contribution in [1.29, 1.82) is 0 Å². The number of aryl methyl sites for hydroxylation is 1. The summed E-state index contributed by atoms with van der Waals surface area (Å²) in [4.78, 5) is 11.6. The predicted molar refractivity (Wildman–Crippen MR) is 139 cm³/mol. The van der Waals surface area contributed by atoms with Crippen LogP contribution in [0.25, 0.3) is 0 Å². The molecule has 1 aromatic carbocycles. The van der Waals surface area contributed by atoms with Crippen LogP contribution in [0.1, 0.15) is 30.5 Å². The summed E-state index contributed by atoms with van der Waals surface area (Å²) in [5, 5.41) is 10.2. The largest absolute Gasteiger partial charge is 0.493 e. The van der Waals surface area contributed by atoms with Crippen molar-refractivity contribution in [2.45, 2.75) is 32.7 Å². The number of thiazole rings is 1. The van der Waals surface area contributed by atoms with Crippen molar-refractivity contribution in [3.8, 4) is 11.5 Å². The van der Waals surface area contributed by atoms with Crippen molar-refractivity contribution in [3.63, 3.8) is 0 Å². The highest BCUT2D eigenvalue weighted by Crippen LogP contribution is 2.29. The molecule has 1 saturated heterocycles. The van der Waals surface area contributed by atoms with Gasteiger partial charge in [0.2, 0.25) is 0 Å². The Morgan fingerprint density at radius 1 is 1.23 bits per heavy atom. The minimum atomic E-state index is 0. The molecule has 1 aromatic heterocycles. The molecule has 1 fully saturated rings. The third-order valence-corrected chi connectivity index (χ3v) is 6.46. The van der Waals surface area contributed by atoms with E-state index in [1.54, 1.807) is 32.6 Å². The first-order chi connectivity index (χ1) is 14.6. The van der Waals surface area contributed by atoms with Crippen molar-refractivity contribution >= 4 is 47.0 Å². The van der Waals surface area contributed by atoms with E-state index in [0.717, 1.165) is 44.2 Å². The van der Waals surface area contributed by atoms with Crippen LogP contribution in [0, 0.1) is 5.92 Å². The number of rotatable bonds is 8. The fraction of sp³-hybridized carbons (Fsp3) is 0.545. The standard InChI is InChI=1S/C22H33N5O2S.HI/c1-5-21-25-18(15-30-21)14-27-10-8-16(9-11-27)13-24-22(23-2)26-17-6-7-19(28-3)20(12-17)29-4;/h6-7,12,15-16H,5,8-11,13-14H2,1-4H3,(H2,23,24,26);1H. The molecular weight excluding hydrogens is 525 g/mol. The lowest BCUT2D eigenvalue weighted by molar-refractivity contribution is 0.176. The van der Waals surface area contributed by atoms with Gasteiger partial charge in [0.05, 0.1) is 24.9 Å². The molecule has 2 aromatic rings. The Balaban J connectivity index is 0.00000341. The van der Waals surface area contributed by atoms with Crippen LogP contribution in [0.15, 0.2) is 28.6 Å². The number of anilines is 1. The zero-order chi connectivity index (χ0) is 21.3. The molecule has 0 aliphatic carbocycles. The molecule has 3 rings (SSSR count). The Bertz CT molecular complexity index is 837. The van der Waals surface area contributed by atoms with Crippen LogP contribution >= 0.6 is 35.3 Å². The van der Waals surface area contributed by atoms with Gasteiger partial charge in [0.15, 0.2) is 17.5 Å². The third-order valence-electron chi connectivity index (χ3n) is 5.42. The fourth-order valence-corrected chi connectivity index (χ4v) is 4.37. The normalized spacial score (nSPS) is 15.3. The summed E-state index contributed by atoms with van der Waals surface area (Å²) in [6, 6.07) is 5.75. The second-order valence-corrected chi connectivity index (χ2v) is 8.40. The number of halogens is 1. The summed E-state index contributed by atoms with van der Waals surface area (Å²) in [5.41, 5.74) is 2.12. The number of guanidine groups is 1. The maximum Gasteiger partial charge on any atom is 0.195 e. The number of nitrogens with zero attached hydrogens (tertiary/aromatic N) is 3. The molecule has 2 heterocycles. The van der Waals surface area contributed by atoms with Gasteiger partial charge in [0.1, 0.15) is 0 Å². The number of benzene rings is 1. The van der Waals surface area contributed by atoms with Crippen molar-refractivity contribution < 1.29 is 9.47 Å². The van der Waals surface area contributed by atoms with E-state index in [0.29, 0.717) is 17.4 Å². The summed E-state index contributed by atoms with van der Waals surface area (Å²) in [5.74, 6) is 2.81. The lowest BCUT2D eigenvalue weighted by Gasteiger charge is -2.31. The Hall–Kier alpha value is -1.59. The average Bonchev–Trinajstić information content (AvgIpc) is 3.25. The molecule has 0 atom stereocenters. The monoisotopic (exact) mass is 559 g/mol. The first kappa shape index (κ1) is 25.7. The molecule has 0 bridgehead atoms. The second-order valence-electron chi connectivity index (χ2n) is 7.45. The highest BCUT2D eigenvalue weighted by Gasteiger charge is 2.20. The number of ether oxygens (including phenoxy) is 2. The fourth-order valence-electron chi connectivity index (χ4n) is 3.63. The number of methoxy groups -OCH3 is 2. The van der Waals surface area contributed by atoms with Gasteiger partial charge in [0, 0.05) is 37.3 Å². The van der Waals surface area contributed by atoms with E-state index in [1.165, 1.54) is 23.5 Å². The number of aromatic nitrogens is 1. The highest BCUT2D eigenvalue weighted by atomic mass is 127. The van der Waals surface area contributed by atoms with Crippen LogP contribution in [0.5, 0.6) is 11.5 Å². The van der Waals surface area contributed by atoms with Crippen molar-refractivity contribution in [3.05, 3.63) is 34.3 Å². The van der Waals surface area contributed by atoms with Crippen LogP contribution in [-0.2, 0) is 13.0 Å². The van der Waals surface area contributed by atoms with E-state index in [4.69, 9.17) is 14.5 Å². The van der Waals surface area contributed by atoms with Crippen molar-refractivity contribution in [2.75, 3.05) is 46.2 Å². The predicted octanol–water partition coefficient (Wildman–Crippen LogP) is 4.24. The SMILES string of the molecule is CCc1nc(CN2CCC(CNC(=NC)Nc3ccc(OC)c(OC)c3)CC2)cs1.I. The number of piperidine rings is 1. The van der Waals surface area contributed by atoms with Gasteiger partial charge in [-0.1, -0.05) is 6.92 Å². The maximum absolute atomic E-state index is 5.37. The summed E-state index contributed by atoms with van der Waals surface area (Å²) >= 11 is 1.77. The molecule has 0 saturated carbocycles. The van der Waals surface area contributed by atoms with Crippen LogP contribution < -0.4 is 20.1 Å². The molecule has 2 N–H and O–H groups in total. The van der Waals surface area contributed by atoms with Crippen LogP contribution in [0.4, 0.5) is 5.69 Å². The maximum atomic E-state index is 5.37. The molecule has 7 nitrogen and oxygen atoms in total. The average molecular weight is 560 g/mol. The molecule has 9 heteroatoms. The second kappa shape index (κ2) is 13.1. The van der Waals surface area contributed by atoms with Gasteiger partial charge in [0.25, 0.3) is 0 Å². The van der Waals surface area contributed by atoms with Crippen LogP contribution in [0.3, 0.4) is 0 Å². The molecule has 1 aliphatic rings. The van der Waals surface area contributed by atoms with Gasteiger partial charge < -0.3 is 20.1 Å². The van der Waals surface area contributed by atoms with Gasteiger partial charge in [-0.3, -0.25) is 9.89 Å². The number of nitrogens with one attached hydrogen (secondary N) is 2. The molecule has 0 unspecified atom stereocenters. The molecule has 172 valence electrons. The molecular formula is C22H34IN5O2S. The summed E-state index contributed by atoms with van der Waals surface area (Å²) in [6.07, 6.45) is 3.40. The van der Waals surface area contributed by atoms with Crippen molar-refractivity contribution in [2.24, 2.45) is 10.9 Å². The summed E-state index contributed by atoms with van der Waals surface area (Å²) in [7, 11) is 5.06. The van der Waals surface area contributed by atoms with Gasteiger partial charge >= 0.3 is 0 Å². The van der Waals surface area contributed by atoms with Gasteiger partial charge in [-0.05, 0) is 50.4 Å². The van der Waals surface area contributed by atoms with E-state index in [1.807, 2.05) is 18.2 Å². The zero-order valence-corrected chi connectivity index (χ0v) is 22.0. The van der Waals surface area contributed by atoms with Crippen LogP contribution in [0.2, 0.25) is 0 Å². The van der Waals surface area contributed by atoms with E-state index >= 15 is 0 Å².